The van der Waals surface area contributed by atoms with Crippen LogP contribution in [0.1, 0.15) is 18.4 Å². The molecule has 1 aliphatic rings. The van der Waals surface area contributed by atoms with Gasteiger partial charge in [0.05, 0.1) is 25.7 Å². The van der Waals surface area contributed by atoms with Crippen LogP contribution in [0, 0.1) is 11.3 Å². The standard InChI is InChI=1S/C13H15NO3/c14-8-7-13(16-9-10-17-13)6-5-11-1-3-12(15)4-2-11/h1-4,15H,5-7,9-10H2. The van der Waals surface area contributed by atoms with Gasteiger partial charge in [0.2, 0.25) is 0 Å². The summed E-state index contributed by atoms with van der Waals surface area (Å²) < 4.78 is 11.1. The number of rotatable bonds is 4. The number of hydrogen-bond donors (Lipinski definition) is 1. The maximum atomic E-state index is 9.18. The van der Waals surface area contributed by atoms with Crippen molar-refractivity contribution < 1.29 is 14.6 Å². The molecule has 0 radical (unpaired) electrons. The van der Waals surface area contributed by atoms with E-state index in [0.717, 1.165) is 12.0 Å². The van der Waals surface area contributed by atoms with Gasteiger partial charge in [-0.25, -0.2) is 0 Å². The van der Waals surface area contributed by atoms with Crippen molar-refractivity contribution in [2.45, 2.75) is 25.0 Å². The van der Waals surface area contributed by atoms with Gasteiger partial charge in [-0.1, -0.05) is 12.1 Å². The second-order valence-corrected chi connectivity index (χ2v) is 4.11. The lowest BCUT2D eigenvalue weighted by atomic mass is 10.0. The van der Waals surface area contributed by atoms with Crippen molar-refractivity contribution in [1.29, 1.82) is 5.26 Å². The molecule has 1 saturated heterocycles. The first-order chi connectivity index (χ1) is 8.24. The highest BCUT2D eigenvalue weighted by Crippen LogP contribution is 2.28. The third-order valence-electron chi connectivity index (χ3n) is 2.89. The van der Waals surface area contributed by atoms with Crippen LogP contribution in [-0.2, 0) is 15.9 Å². The van der Waals surface area contributed by atoms with Gasteiger partial charge < -0.3 is 14.6 Å². The molecule has 1 heterocycles. The summed E-state index contributed by atoms with van der Waals surface area (Å²) in [7, 11) is 0. The Morgan fingerprint density at radius 3 is 2.47 bits per heavy atom. The van der Waals surface area contributed by atoms with Crippen LogP contribution in [-0.4, -0.2) is 24.1 Å². The van der Waals surface area contributed by atoms with E-state index in [0.29, 0.717) is 19.6 Å². The quantitative estimate of drug-likeness (QED) is 0.863. The van der Waals surface area contributed by atoms with E-state index in [1.807, 2.05) is 12.1 Å². The number of benzene rings is 1. The maximum Gasteiger partial charge on any atom is 0.181 e. The van der Waals surface area contributed by atoms with Crippen molar-refractivity contribution >= 4 is 0 Å². The summed E-state index contributed by atoms with van der Waals surface area (Å²) in [5.41, 5.74) is 1.10. The smallest absolute Gasteiger partial charge is 0.181 e. The average Bonchev–Trinajstić information content (AvgIpc) is 2.78. The van der Waals surface area contributed by atoms with Crippen molar-refractivity contribution in [3.05, 3.63) is 29.8 Å². The van der Waals surface area contributed by atoms with Gasteiger partial charge in [0.1, 0.15) is 5.75 Å². The predicted octanol–water partition coefficient (Wildman–Crippen LogP) is 1.98. The molecule has 0 amide bonds. The van der Waals surface area contributed by atoms with Gasteiger partial charge >= 0.3 is 0 Å². The predicted molar refractivity (Wildman–Crippen MR) is 61.3 cm³/mol. The monoisotopic (exact) mass is 233 g/mol. The first-order valence-corrected chi connectivity index (χ1v) is 5.67. The fourth-order valence-electron chi connectivity index (χ4n) is 1.95. The van der Waals surface area contributed by atoms with Crippen LogP contribution in [0.25, 0.3) is 0 Å². The second-order valence-electron chi connectivity index (χ2n) is 4.11. The van der Waals surface area contributed by atoms with Crippen molar-refractivity contribution in [2.75, 3.05) is 13.2 Å². The summed E-state index contributed by atoms with van der Waals surface area (Å²) in [4.78, 5) is 0. The molecular weight excluding hydrogens is 218 g/mol. The molecule has 1 N–H and O–H groups in total. The minimum atomic E-state index is -0.730. The summed E-state index contributed by atoms with van der Waals surface area (Å²) in [5, 5.41) is 18.0. The lowest BCUT2D eigenvalue weighted by molar-refractivity contribution is -0.157. The number of phenolic OH excluding ortho intramolecular Hbond substituents is 1. The molecule has 0 unspecified atom stereocenters. The summed E-state index contributed by atoms with van der Waals surface area (Å²) in [6.07, 6.45) is 1.68. The molecule has 4 heteroatoms. The zero-order valence-electron chi connectivity index (χ0n) is 9.56. The van der Waals surface area contributed by atoms with Gasteiger partial charge in [-0.05, 0) is 24.1 Å². The molecule has 2 rings (SSSR count). The summed E-state index contributed by atoms with van der Waals surface area (Å²) in [6, 6.07) is 9.15. The topological polar surface area (TPSA) is 62.5 Å². The fraction of sp³-hybridized carbons (Fsp3) is 0.462. The van der Waals surface area contributed by atoms with E-state index in [4.69, 9.17) is 14.7 Å². The third kappa shape index (κ3) is 2.96. The Balaban J connectivity index is 1.96. The molecule has 17 heavy (non-hydrogen) atoms. The number of ether oxygens (including phenoxy) is 2. The molecule has 1 fully saturated rings. The van der Waals surface area contributed by atoms with E-state index in [1.165, 1.54) is 0 Å². The average molecular weight is 233 g/mol. The second kappa shape index (κ2) is 5.17. The summed E-state index contributed by atoms with van der Waals surface area (Å²) in [5.74, 6) is -0.471. The molecule has 0 saturated carbocycles. The third-order valence-corrected chi connectivity index (χ3v) is 2.89. The number of aromatic hydroxyl groups is 1. The molecule has 1 aliphatic heterocycles. The zero-order valence-corrected chi connectivity index (χ0v) is 9.56. The number of phenols is 1. The normalized spacial score (nSPS) is 17.8. The Bertz CT molecular complexity index is 402. The molecule has 0 aromatic heterocycles. The number of hydrogen-bond acceptors (Lipinski definition) is 4. The summed E-state index contributed by atoms with van der Waals surface area (Å²) >= 11 is 0. The maximum absolute atomic E-state index is 9.18. The van der Waals surface area contributed by atoms with Gasteiger partial charge in [-0.2, -0.15) is 5.26 Å². The van der Waals surface area contributed by atoms with Crippen molar-refractivity contribution in [3.63, 3.8) is 0 Å². The van der Waals surface area contributed by atoms with Gasteiger partial charge in [-0.15, -0.1) is 0 Å². The molecule has 0 bridgehead atoms. The van der Waals surface area contributed by atoms with Crippen LogP contribution in [0.4, 0.5) is 0 Å². The largest absolute Gasteiger partial charge is 0.508 e. The Kier molecular flexibility index (Phi) is 3.62. The van der Waals surface area contributed by atoms with E-state index in [1.54, 1.807) is 12.1 Å². The molecular formula is C13H15NO3. The van der Waals surface area contributed by atoms with Gasteiger partial charge in [0, 0.05) is 6.42 Å². The Hall–Kier alpha value is -1.57. The number of nitriles is 1. The molecule has 90 valence electrons. The van der Waals surface area contributed by atoms with E-state index in [9.17, 15) is 5.11 Å². The number of aryl methyl sites for hydroxylation is 1. The fourth-order valence-corrected chi connectivity index (χ4v) is 1.95. The number of nitrogens with zero attached hydrogens (tertiary/aromatic N) is 1. The lowest BCUT2D eigenvalue weighted by Gasteiger charge is -2.24. The van der Waals surface area contributed by atoms with Crippen molar-refractivity contribution in [1.82, 2.24) is 0 Å². The molecule has 0 spiro atoms. The first kappa shape index (κ1) is 11.9. The molecule has 1 aromatic rings. The van der Waals surface area contributed by atoms with Crippen molar-refractivity contribution in [2.24, 2.45) is 0 Å². The first-order valence-electron chi connectivity index (χ1n) is 5.67. The Morgan fingerprint density at radius 1 is 1.24 bits per heavy atom. The van der Waals surface area contributed by atoms with Gasteiger partial charge in [0.15, 0.2) is 5.79 Å². The van der Waals surface area contributed by atoms with Crippen LogP contribution in [0.2, 0.25) is 0 Å². The Labute approximate surface area is 100 Å². The van der Waals surface area contributed by atoms with Crippen LogP contribution >= 0.6 is 0 Å². The highest BCUT2D eigenvalue weighted by atomic mass is 16.7. The molecule has 1 aromatic carbocycles. The minimum Gasteiger partial charge on any atom is -0.508 e. The van der Waals surface area contributed by atoms with Crippen LogP contribution in [0.5, 0.6) is 5.75 Å². The van der Waals surface area contributed by atoms with Crippen LogP contribution < -0.4 is 0 Å². The zero-order chi connectivity index (χ0) is 12.1. The highest BCUT2D eigenvalue weighted by molar-refractivity contribution is 5.26. The summed E-state index contributed by atoms with van der Waals surface area (Å²) in [6.45, 7) is 1.11. The van der Waals surface area contributed by atoms with Crippen LogP contribution in [0.3, 0.4) is 0 Å². The van der Waals surface area contributed by atoms with E-state index < -0.39 is 5.79 Å². The van der Waals surface area contributed by atoms with Gasteiger partial charge in [0.25, 0.3) is 0 Å². The SMILES string of the molecule is N#CCC1(CCc2ccc(O)cc2)OCCO1. The van der Waals surface area contributed by atoms with Gasteiger partial charge in [-0.3, -0.25) is 0 Å². The highest BCUT2D eigenvalue weighted by Gasteiger charge is 2.35. The molecule has 0 aliphatic carbocycles. The minimum absolute atomic E-state index is 0.255. The van der Waals surface area contributed by atoms with E-state index in [2.05, 4.69) is 6.07 Å². The molecule has 0 atom stereocenters. The Morgan fingerprint density at radius 2 is 1.88 bits per heavy atom. The van der Waals surface area contributed by atoms with E-state index in [-0.39, 0.29) is 12.2 Å². The van der Waals surface area contributed by atoms with Crippen molar-refractivity contribution in [3.8, 4) is 11.8 Å². The van der Waals surface area contributed by atoms with E-state index >= 15 is 0 Å². The molecule has 4 nitrogen and oxygen atoms in total. The van der Waals surface area contributed by atoms with Crippen LogP contribution in [0.15, 0.2) is 24.3 Å². The lowest BCUT2D eigenvalue weighted by Crippen LogP contribution is -2.30.